The van der Waals surface area contributed by atoms with Crippen LogP contribution in [-0.2, 0) is 9.47 Å². The molecule has 2 amide bonds. The monoisotopic (exact) mass is 780 g/mol. The van der Waals surface area contributed by atoms with Gasteiger partial charge in [-0.05, 0) is 93.6 Å². The predicted octanol–water partition coefficient (Wildman–Crippen LogP) is 7.44. The number of nitrogens with zero attached hydrogens (tertiary/aromatic N) is 3. The topological polar surface area (TPSA) is 108 Å². The van der Waals surface area contributed by atoms with E-state index < -0.39 is 5.60 Å². The molecule has 4 saturated heterocycles. The molecular weight excluding hydrogens is 735 g/mol. The molecule has 10 nitrogen and oxygen atoms in total. The predicted molar refractivity (Wildman–Crippen MR) is 196 cm³/mol. The average Bonchev–Trinajstić information content (AvgIpc) is 3.79. The molecule has 4 heterocycles. The first kappa shape index (κ1) is 38.9. The number of amides is 2. The lowest BCUT2D eigenvalue weighted by Crippen LogP contribution is -2.37. The molecule has 0 spiro atoms. The Bertz CT molecular complexity index is 1490. The largest absolute Gasteiger partial charge is 0.444 e. The van der Waals surface area contributed by atoms with Gasteiger partial charge < -0.3 is 29.5 Å². The molecule has 4 fully saturated rings. The molecule has 268 valence electrons. The zero-order valence-corrected chi connectivity index (χ0v) is 32.1. The first-order valence-corrected chi connectivity index (χ1v) is 18.1. The van der Waals surface area contributed by atoms with Crippen LogP contribution in [0.5, 0.6) is 0 Å². The lowest BCUT2D eigenvalue weighted by atomic mass is 10.0. The van der Waals surface area contributed by atoms with Crippen LogP contribution in [0.15, 0.2) is 40.9 Å². The molecule has 4 aliphatic rings. The number of hydrogen-bond acceptors (Lipinski definition) is 8. The van der Waals surface area contributed by atoms with Gasteiger partial charge in [0.15, 0.2) is 0 Å². The summed E-state index contributed by atoms with van der Waals surface area (Å²) >= 11 is 15.2. The van der Waals surface area contributed by atoms with E-state index in [1.54, 1.807) is 35.2 Å². The number of likely N-dealkylation sites (tertiary alicyclic amines) is 2. The van der Waals surface area contributed by atoms with Crippen LogP contribution in [0.3, 0.4) is 0 Å². The fourth-order valence-electron chi connectivity index (χ4n) is 6.43. The van der Waals surface area contributed by atoms with Crippen LogP contribution in [0.1, 0.15) is 62.3 Å². The number of fused-ring (bicyclic) bond motifs is 2. The van der Waals surface area contributed by atoms with Crippen LogP contribution in [-0.4, -0.2) is 98.1 Å². The number of ether oxygens (including phenoxy) is 2. The van der Waals surface area contributed by atoms with Gasteiger partial charge in [0.25, 0.3) is 0 Å². The highest BCUT2D eigenvalue weighted by atomic mass is 79.9. The van der Waals surface area contributed by atoms with E-state index in [1.807, 2.05) is 52.5 Å². The van der Waals surface area contributed by atoms with Gasteiger partial charge in [-0.25, -0.2) is 9.59 Å². The van der Waals surface area contributed by atoms with E-state index in [-0.39, 0.29) is 17.8 Å². The molecule has 13 heteroatoms. The van der Waals surface area contributed by atoms with Crippen molar-refractivity contribution < 1.29 is 28.7 Å². The molecule has 0 aliphatic carbocycles. The maximum absolute atomic E-state index is 12.2. The van der Waals surface area contributed by atoms with Crippen LogP contribution >= 0.6 is 39.1 Å². The number of carbonyl (C=O) groups is 4. The fourth-order valence-corrected chi connectivity index (χ4v) is 7.18. The van der Waals surface area contributed by atoms with Crippen molar-refractivity contribution in [1.29, 1.82) is 0 Å². The summed E-state index contributed by atoms with van der Waals surface area (Å²) in [6.45, 7) is 18.3. The van der Waals surface area contributed by atoms with Gasteiger partial charge in [0, 0.05) is 79.8 Å². The van der Waals surface area contributed by atoms with E-state index >= 15 is 0 Å². The van der Waals surface area contributed by atoms with Crippen molar-refractivity contribution in [3.63, 3.8) is 0 Å². The summed E-state index contributed by atoms with van der Waals surface area (Å²) < 4.78 is 11.6. The third-order valence-electron chi connectivity index (χ3n) is 8.71. The van der Waals surface area contributed by atoms with Crippen LogP contribution in [0.25, 0.3) is 0 Å². The van der Waals surface area contributed by atoms with Crippen molar-refractivity contribution in [3.05, 3.63) is 62.0 Å². The number of halogens is 3. The maximum atomic E-state index is 12.2. The first-order valence-electron chi connectivity index (χ1n) is 16.5. The van der Waals surface area contributed by atoms with Crippen molar-refractivity contribution >= 4 is 69.6 Å². The van der Waals surface area contributed by atoms with E-state index in [9.17, 15) is 19.2 Å². The second kappa shape index (κ2) is 16.4. The highest BCUT2D eigenvalue weighted by Gasteiger charge is 2.43. The zero-order valence-electron chi connectivity index (χ0n) is 29.0. The van der Waals surface area contributed by atoms with E-state index in [0.717, 1.165) is 62.0 Å². The lowest BCUT2D eigenvalue weighted by Gasteiger charge is -2.27. The van der Waals surface area contributed by atoms with Crippen molar-refractivity contribution in [2.75, 3.05) is 57.3 Å². The SMILES string of the molecule is CC(C)(C)OC(=O)N1CC2CN(c3cc(C=O)ccc3Cl)CC2C1.CC(C)(C)OC(=O)N1CC2CNCC2C1.O=Cc1ccc(Cl)c(Br)c1. The first-order chi connectivity index (χ1) is 23.0. The van der Waals surface area contributed by atoms with Crippen molar-refractivity contribution in [2.45, 2.75) is 52.7 Å². The molecule has 0 bridgehead atoms. The molecule has 4 aliphatic heterocycles. The van der Waals surface area contributed by atoms with Gasteiger partial charge in [0.2, 0.25) is 0 Å². The Kier molecular flexibility index (Phi) is 13.1. The number of nitrogens with one attached hydrogen (secondary N) is 1. The Labute approximate surface area is 307 Å². The summed E-state index contributed by atoms with van der Waals surface area (Å²) in [4.78, 5) is 51.1. The minimum absolute atomic E-state index is 0.156. The molecule has 0 aromatic heterocycles. The van der Waals surface area contributed by atoms with Crippen molar-refractivity contribution in [1.82, 2.24) is 15.1 Å². The second-order valence-electron chi connectivity index (χ2n) is 15.0. The van der Waals surface area contributed by atoms with Crippen LogP contribution < -0.4 is 10.2 Å². The summed E-state index contributed by atoms with van der Waals surface area (Å²) in [6, 6.07) is 10.3. The number of carbonyl (C=O) groups excluding carboxylic acids is 4. The molecule has 4 atom stereocenters. The minimum Gasteiger partial charge on any atom is -0.444 e. The van der Waals surface area contributed by atoms with E-state index in [0.29, 0.717) is 57.9 Å². The average molecular weight is 783 g/mol. The smallest absolute Gasteiger partial charge is 0.410 e. The Morgan fingerprint density at radius 3 is 1.57 bits per heavy atom. The summed E-state index contributed by atoms with van der Waals surface area (Å²) in [6.07, 6.45) is 1.23. The van der Waals surface area contributed by atoms with Gasteiger partial charge in [-0.3, -0.25) is 9.59 Å². The molecule has 0 saturated carbocycles. The Morgan fingerprint density at radius 1 is 0.714 bits per heavy atom. The number of rotatable bonds is 3. The lowest BCUT2D eigenvalue weighted by molar-refractivity contribution is 0.0272. The summed E-state index contributed by atoms with van der Waals surface area (Å²) in [5, 5.41) is 4.63. The number of benzene rings is 2. The van der Waals surface area contributed by atoms with E-state index in [2.05, 4.69) is 26.1 Å². The molecule has 2 aromatic carbocycles. The highest BCUT2D eigenvalue weighted by Crippen LogP contribution is 2.37. The Morgan fingerprint density at radius 2 is 1.14 bits per heavy atom. The van der Waals surface area contributed by atoms with Crippen molar-refractivity contribution in [2.24, 2.45) is 23.7 Å². The Hall–Kier alpha value is -2.86. The number of hydrogen-bond donors (Lipinski definition) is 1. The van der Waals surface area contributed by atoms with Crippen LogP contribution in [0.2, 0.25) is 10.0 Å². The minimum atomic E-state index is -0.469. The van der Waals surface area contributed by atoms with Crippen molar-refractivity contribution in [3.8, 4) is 0 Å². The normalized spacial score (nSPS) is 22.7. The molecule has 0 radical (unpaired) electrons. The Balaban J connectivity index is 0.000000184. The van der Waals surface area contributed by atoms with Gasteiger partial charge in [0.1, 0.15) is 23.8 Å². The third-order valence-corrected chi connectivity index (χ3v) is 10.2. The fraction of sp³-hybridized carbons (Fsp3) is 0.556. The van der Waals surface area contributed by atoms with Crippen LogP contribution in [0, 0.1) is 23.7 Å². The highest BCUT2D eigenvalue weighted by molar-refractivity contribution is 9.10. The molecule has 2 aromatic rings. The van der Waals surface area contributed by atoms with Crippen LogP contribution in [0.4, 0.5) is 15.3 Å². The summed E-state index contributed by atoms with van der Waals surface area (Å²) in [5.41, 5.74) is 1.30. The standard InChI is InChI=1S/C18H23ClN2O3.C11H20N2O2.C7H4BrClO/c1-18(2,3)24-17(23)21-9-13-7-20(8-14(13)10-21)16-6-12(11-22)4-5-15(16)19;1-11(2,3)15-10(14)13-6-8-4-12-5-9(8)7-13;8-6-3-5(4-10)1-2-7(6)9/h4-6,11,13-14H,7-10H2,1-3H3;8-9,12H,4-7H2,1-3H3;1-4H. The second-order valence-corrected chi connectivity index (χ2v) is 16.7. The van der Waals surface area contributed by atoms with Gasteiger partial charge in [-0.2, -0.15) is 0 Å². The summed E-state index contributed by atoms with van der Waals surface area (Å²) in [7, 11) is 0. The van der Waals surface area contributed by atoms with E-state index in [1.165, 1.54) is 0 Å². The quantitative estimate of drug-likeness (QED) is 0.321. The molecule has 4 unspecified atom stereocenters. The number of anilines is 1. The maximum Gasteiger partial charge on any atom is 0.410 e. The van der Waals surface area contributed by atoms with Gasteiger partial charge in [-0.15, -0.1) is 0 Å². The number of aldehydes is 2. The zero-order chi connectivity index (χ0) is 36.1. The molecule has 49 heavy (non-hydrogen) atoms. The van der Waals surface area contributed by atoms with Gasteiger partial charge >= 0.3 is 12.2 Å². The van der Waals surface area contributed by atoms with Gasteiger partial charge in [-0.1, -0.05) is 35.3 Å². The van der Waals surface area contributed by atoms with Gasteiger partial charge in [0.05, 0.1) is 15.7 Å². The molecule has 1 N–H and O–H groups in total. The van der Waals surface area contributed by atoms with E-state index in [4.69, 9.17) is 32.7 Å². The summed E-state index contributed by atoms with van der Waals surface area (Å²) in [5.74, 6) is 2.09. The third kappa shape index (κ3) is 11.1. The molecule has 6 rings (SSSR count). The molecular formula is C36H47BrCl2N4O6.